The van der Waals surface area contributed by atoms with Gasteiger partial charge in [-0.15, -0.1) is 0 Å². The highest BCUT2D eigenvalue weighted by atomic mass is 16.5. The van der Waals surface area contributed by atoms with Crippen molar-refractivity contribution in [2.45, 2.75) is 25.9 Å². The van der Waals surface area contributed by atoms with Crippen molar-refractivity contribution in [3.8, 4) is 11.4 Å². The third-order valence-corrected chi connectivity index (χ3v) is 5.49. The summed E-state index contributed by atoms with van der Waals surface area (Å²) in [5, 5.41) is 4.41. The first-order chi connectivity index (χ1) is 14.6. The van der Waals surface area contributed by atoms with Gasteiger partial charge in [0.2, 0.25) is 5.91 Å². The van der Waals surface area contributed by atoms with Gasteiger partial charge in [-0.25, -0.2) is 4.68 Å². The van der Waals surface area contributed by atoms with Crippen LogP contribution in [-0.2, 0) is 11.2 Å². The Morgan fingerprint density at radius 1 is 1.17 bits per heavy atom. The summed E-state index contributed by atoms with van der Waals surface area (Å²) in [5.41, 5.74) is 3.20. The minimum atomic E-state index is -0.0327. The van der Waals surface area contributed by atoms with E-state index >= 15 is 0 Å². The first-order valence-corrected chi connectivity index (χ1v) is 10.5. The summed E-state index contributed by atoms with van der Waals surface area (Å²) in [7, 11) is 1.86. The number of hydrogen-bond donors (Lipinski definition) is 0. The fourth-order valence-corrected chi connectivity index (χ4v) is 3.83. The Labute approximate surface area is 177 Å². The monoisotopic (exact) mass is 404 g/mol. The molecule has 2 aromatic carbocycles. The Hall–Kier alpha value is -3.28. The van der Waals surface area contributed by atoms with Crippen LogP contribution < -0.4 is 9.64 Å². The molecule has 0 spiro atoms. The second kappa shape index (κ2) is 9.03. The molecular formula is C24H28N4O2. The zero-order valence-corrected chi connectivity index (χ0v) is 17.6. The molecule has 156 valence electrons. The molecular weight excluding hydrogens is 376 g/mol. The Bertz CT molecular complexity index is 986. The first kappa shape index (κ1) is 20.0. The van der Waals surface area contributed by atoms with Crippen LogP contribution in [0.3, 0.4) is 0 Å². The van der Waals surface area contributed by atoms with Crippen molar-refractivity contribution in [3.63, 3.8) is 0 Å². The summed E-state index contributed by atoms with van der Waals surface area (Å²) in [6.07, 6.45) is 4.92. The van der Waals surface area contributed by atoms with Crippen molar-refractivity contribution in [3.05, 3.63) is 72.6 Å². The number of hydrogen-bond acceptors (Lipinski definition) is 4. The van der Waals surface area contributed by atoms with E-state index in [1.54, 1.807) is 4.90 Å². The highest BCUT2D eigenvalue weighted by Gasteiger charge is 2.26. The summed E-state index contributed by atoms with van der Waals surface area (Å²) in [5.74, 6) is 1.01. The Morgan fingerprint density at radius 2 is 1.93 bits per heavy atom. The molecule has 0 saturated carbocycles. The van der Waals surface area contributed by atoms with Gasteiger partial charge in [0.05, 0.1) is 30.7 Å². The predicted octanol–water partition coefficient (Wildman–Crippen LogP) is 3.55. The Morgan fingerprint density at radius 3 is 2.73 bits per heavy atom. The third-order valence-electron chi connectivity index (χ3n) is 5.49. The van der Waals surface area contributed by atoms with Crippen LogP contribution in [0.1, 0.15) is 18.9 Å². The molecule has 6 nitrogen and oxygen atoms in total. The molecule has 0 bridgehead atoms. The minimum absolute atomic E-state index is 0.0327. The van der Waals surface area contributed by atoms with Gasteiger partial charge in [0.1, 0.15) is 11.9 Å². The number of ether oxygens (including phenoxy) is 1. The van der Waals surface area contributed by atoms with Gasteiger partial charge in [-0.3, -0.25) is 4.79 Å². The fourth-order valence-electron chi connectivity index (χ4n) is 3.83. The molecule has 1 amide bonds. The summed E-state index contributed by atoms with van der Waals surface area (Å²) in [6, 6.07) is 18.1. The van der Waals surface area contributed by atoms with E-state index in [1.807, 2.05) is 72.7 Å². The van der Waals surface area contributed by atoms with E-state index in [4.69, 9.17) is 4.74 Å². The number of anilines is 1. The normalized spacial score (nSPS) is 15.4. The van der Waals surface area contributed by atoms with Crippen LogP contribution >= 0.6 is 0 Å². The quantitative estimate of drug-likeness (QED) is 0.604. The van der Waals surface area contributed by atoms with Crippen LogP contribution in [0.4, 0.5) is 5.69 Å². The maximum Gasteiger partial charge on any atom is 0.222 e. The molecule has 0 saturated heterocycles. The number of fused-ring (bicyclic) bond motifs is 1. The van der Waals surface area contributed by atoms with Crippen molar-refractivity contribution >= 4 is 11.6 Å². The second-order valence-corrected chi connectivity index (χ2v) is 7.65. The van der Waals surface area contributed by atoms with Crippen molar-refractivity contribution in [1.29, 1.82) is 0 Å². The lowest BCUT2D eigenvalue weighted by Gasteiger charge is -2.37. The number of rotatable bonds is 7. The number of benzene rings is 2. The van der Waals surface area contributed by atoms with Crippen LogP contribution in [0, 0.1) is 0 Å². The Kier molecular flexibility index (Phi) is 6.02. The van der Waals surface area contributed by atoms with E-state index in [-0.39, 0.29) is 12.0 Å². The van der Waals surface area contributed by atoms with E-state index in [0.717, 1.165) is 35.8 Å². The van der Waals surface area contributed by atoms with Crippen LogP contribution in [0.2, 0.25) is 0 Å². The molecule has 3 aromatic rings. The lowest BCUT2D eigenvalue weighted by molar-refractivity contribution is -0.130. The van der Waals surface area contributed by atoms with E-state index in [1.165, 1.54) is 0 Å². The molecule has 1 atom stereocenters. The lowest BCUT2D eigenvalue weighted by atomic mass is 10.1. The van der Waals surface area contributed by atoms with Crippen molar-refractivity contribution in [2.24, 2.45) is 0 Å². The molecule has 0 radical (unpaired) electrons. The van der Waals surface area contributed by atoms with Crippen LogP contribution in [-0.4, -0.2) is 53.4 Å². The number of carbonyl (C=O) groups excluding carboxylic acids is 1. The van der Waals surface area contributed by atoms with Gasteiger partial charge >= 0.3 is 0 Å². The molecule has 1 unspecified atom stereocenters. The lowest BCUT2D eigenvalue weighted by Crippen LogP contribution is -2.46. The summed E-state index contributed by atoms with van der Waals surface area (Å²) >= 11 is 0. The molecule has 30 heavy (non-hydrogen) atoms. The van der Waals surface area contributed by atoms with Crippen LogP contribution in [0.5, 0.6) is 5.75 Å². The molecule has 1 aliphatic rings. The predicted molar refractivity (Wildman–Crippen MR) is 118 cm³/mol. The maximum absolute atomic E-state index is 12.7. The molecule has 0 N–H and O–H groups in total. The summed E-state index contributed by atoms with van der Waals surface area (Å²) in [4.78, 5) is 16.8. The van der Waals surface area contributed by atoms with E-state index in [2.05, 4.69) is 23.0 Å². The summed E-state index contributed by atoms with van der Waals surface area (Å²) in [6.45, 7) is 4.42. The average Bonchev–Trinajstić information content (AvgIpc) is 3.26. The van der Waals surface area contributed by atoms with Crippen molar-refractivity contribution < 1.29 is 9.53 Å². The van der Waals surface area contributed by atoms with Crippen LogP contribution in [0.15, 0.2) is 67.0 Å². The Balaban J connectivity index is 1.31. The molecule has 1 aliphatic heterocycles. The molecule has 0 fully saturated rings. The van der Waals surface area contributed by atoms with E-state index < -0.39 is 0 Å². The number of aromatic nitrogens is 2. The van der Waals surface area contributed by atoms with Crippen molar-refractivity contribution in [1.82, 2.24) is 14.7 Å². The molecule has 2 heterocycles. The standard InChI is InChI=1S/C24H28N4O2/c1-3-27-18-21(30-23-12-8-7-11-22(23)27)17-26(2)24(29)14-13-19-15-25-28(16-19)20-9-5-4-6-10-20/h4-12,15-16,21H,3,13-14,17-18H2,1-2H3. The largest absolute Gasteiger partial charge is 0.485 e. The smallest absolute Gasteiger partial charge is 0.222 e. The summed E-state index contributed by atoms with van der Waals surface area (Å²) < 4.78 is 7.99. The van der Waals surface area contributed by atoms with Gasteiger partial charge in [-0.05, 0) is 43.2 Å². The molecule has 4 rings (SSSR count). The minimum Gasteiger partial charge on any atom is -0.485 e. The fraction of sp³-hybridized carbons (Fsp3) is 0.333. The SMILES string of the molecule is CCN1CC(CN(C)C(=O)CCc2cnn(-c3ccccc3)c2)Oc2ccccc21. The second-order valence-electron chi connectivity index (χ2n) is 7.65. The van der Waals surface area contributed by atoms with Gasteiger partial charge in [-0.1, -0.05) is 30.3 Å². The van der Waals surface area contributed by atoms with Gasteiger partial charge in [0.25, 0.3) is 0 Å². The van der Waals surface area contributed by atoms with Crippen molar-refractivity contribution in [2.75, 3.05) is 31.6 Å². The first-order valence-electron chi connectivity index (χ1n) is 10.5. The highest BCUT2D eigenvalue weighted by molar-refractivity contribution is 5.76. The number of carbonyl (C=O) groups is 1. The van der Waals surface area contributed by atoms with Gasteiger partial charge in [0, 0.05) is 26.2 Å². The zero-order chi connectivity index (χ0) is 20.9. The third kappa shape index (κ3) is 4.48. The number of likely N-dealkylation sites (N-methyl/N-ethyl adjacent to an activating group) is 2. The van der Waals surface area contributed by atoms with Gasteiger partial charge in [-0.2, -0.15) is 5.10 Å². The number of amides is 1. The number of nitrogens with zero attached hydrogens (tertiary/aromatic N) is 4. The van der Waals surface area contributed by atoms with Gasteiger partial charge < -0.3 is 14.5 Å². The average molecular weight is 405 g/mol. The topological polar surface area (TPSA) is 50.6 Å². The van der Waals surface area contributed by atoms with E-state index in [9.17, 15) is 4.79 Å². The number of para-hydroxylation sites is 3. The van der Waals surface area contributed by atoms with Gasteiger partial charge in [0.15, 0.2) is 0 Å². The molecule has 0 aliphatic carbocycles. The number of aryl methyl sites for hydroxylation is 1. The zero-order valence-electron chi connectivity index (χ0n) is 17.6. The highest BCUT2D eigenvalue weighted by Crippen LogP contribution is 2.32. The molecule has 6 heteroatoms. The molecule has 1 aromatic heterocycles. The maximum atomic E-state index is 12.7. The van der Waals surface area contributed by atoms with E-state index in [0.29, 0.717) is 19.4 Å². The van der Waals surface area contributed by atoms with Crippen LogP contribution in [0.25, 0.3) is 5.69 Å².